The average Bonchev–Trinajstić information content (AvgIpc) is 3.15. The second-order valence-corrected chi connectivity index (χ2v) is 5.19. The van der Waals surface area contributed by atoms with Crippen LogP contribution in [0.4, 0.5) is 0 Å². The van der Waals surface area contributed by atoms with E-state index in [1.165, 1.54) is 0 Å². The topological polar surface area (TPSA) is 75.6 Å². The highest BCUT2D eigenvalue weighted by Gasteiger charge is 2.33. The van der Waals surface area contributed by atoms with Crippen molar-refractivity contribution < 1.29 is 18.7 Å². The largest absolute Gasteiger partial charge is 0.481 e. The summed E-state index contributed by atoms with van der Waals surface area (Å²) in [7, 11) is 0. The van der Waals surface area contributed by atoms with Gasteiger partial charge in [-0.25, -0.2) is 0 Å². The van der Waals surface area contributed by atoms with Gasteiger partial charge in [0.05, 0.1) is 18.4 Å². The quantitative estimate of drug-likeness (QED) is 0.749. The molecule has 0 amide bonds. The van der Waals surface area contributed by atoms with Crippen LogP contribution in [0.3, 0.4) is 0 Å². The number of benzene rings is 1. The number of rotatable bonds is 2. The molecule has 1 saturated heterocycles. The Morgan fingerprint density at radius 1 is 1.30 bits per heavy atom. The summed E-state index contributed by atoms with van der Waals surface area (Å²) in [6.45, 7) is 0.483. The zero-order valence-corrected chi connectivity index (χ0v) is 10.6. The lowest BCUT2D eigenvalue weighted by Gasteiger charge is -2.12. The molecular weight excluding hydrogens is 258 g/mol. The van der Waals surface area contributed by atoms with Gasteiger partial charge in [0.15, 0.2) is 0 Å². The van der Waals surface area contributed by atoms with Crippen LogP contribution in [-0.4, -0.2) is 17.6 Å². The standard InChI is InChI=1S/C15H13NO4/c17-15(18)9-5-11(16-7-9)13-10-2-4-19-12(10)6-8-1-3-20-14(8)13/h1-4,6,9,11,16H,5,7H2,(H,17,18). The minimum absolute atomic E-state index is 0.0222. The van der Waals surface area contributed by atoms with Crippen molar-refractivity contribution >= 4 is 27.9 Å². The van der Waals surface area contributed by atoms with Gasteiger partial charge in [0.1, 0.15) is 11.2 Å². The van der Waals surface area contributed by atoms with Crippen LogP contribution >= 0.6 is 0 Å². The molecule has 1 fully saturated rings. The lowest BCUT2D eigenvalue weighted by atomic mass is 9.96. The summed E-state index contributed by atoms with van der Waals surface area (Å²) in [6.07, 6.45) is 3.86. The highest BCUT2D eigenvalue weighted by atomic mass is 16.4. The number of nitrogens with one attached hydrogen (secondary N) is 1. The van der Waals surface area contributed by atoms with E-state index in [9.17, 15) is 4.79 Å². The maximum absolute atomic E-state index is 11.1. The van der Waals surface area contributed by atoms with Crippen molar-refractivity contribution in [1.29, 1.82) is 0 Å². The highest BCUT2D eigenvalue weighted by molar-refractivity contribution is 5.98. The summed E-state index contributed by atoms with van der Waals surface area (Å²) in [6, 6.07) is 5.72. The maximum Gasteiger partial charge on any atom is 0.307 e. The Hall–Kier alpha value is -2.27. The molecule has 2 atom stereocenters. The minimum atomic E-state index is -0.755. The number of hydrogen-bond donors (Lipinski definition) is 2. The minimum Gasteiger partial charge on any atom is -0.481 e. The Balaban J connectivity index is 1.90. The van der Waals surface area contributed by atoms with E-state index in [1.807, 2.05) is 18.2 Å². The van der Waals surface area contributed by atoms with Crippen LogP contribution in [0.25, 0.3) is 21.9 Å². The van der Waals surface area contributed by atoms with Crippen LogP contribution < -0.4 is 5.32 Å². The van der Waals surface area contributed by atoms with Gasteiger partial charge in [0, 0.05) is 28.9 Å². The molecule has 3 aromatic rings. The van der Waals surface area contributed by atoms with Crippen LogP contribution in [-0.2, 0) is 4.79 Å². The van der Waals surface area contributed by atoms with Crippen molar-refractivity contribution in [2.45, 2.75) is 12.5 Å². The first-order valence-corrected chi connectivity index (χ1v) is 6.57. The smallest absolute Gasteiger partial charge is 0.307 e. The second kappa shape index (κ2) is 4.11. The fourth-order valence-corrected chi connectivity index (χ4v) is 3.06. The Labute approximate surface area is 114 Å². The van der Waals surface area contributed by atoms with E-state index >= 15 is 0 Å². The van der Waals surface area contributed by atoms with Crippen LogP contribution in [0.2, 0.25) is 0 Å². The lowest BCUT2D eigenvalue weighted by Crippen LogP contribution is -2.17. The summed E-state index contributed by atoms with van der Waals surface area (Å²) < 4.78 is 11.1. The molecule has 0 aliphatic carbocycles. The Morgan fingerprint density at radius 3 is 2.95 bits per heavy atom. The molecule has 5 heteroatoms. The monoisotopic (exact) mass is 271 g/mol. The van der Waals surface area contributed by atoms with Crippen LogP contribution in [0.1, 0.15) is 18.0 Å². The van der Waals surface area contributed by atoms with E-state index in [2.05, 4.69) is 5.32 Å². The van der Waals surface area contributed by atoms with Gasteiger partial charge in [0.25, 0.3) is 0 Å². The summed E-state index contributed by atoms with van der Waals surface area (Å²) in [5, 5.41) is 14.4. The Bertz CT molecular complexity index is 752. The van der Waals surface area contributed by atoms with Gasteiger partial charge >= 0.3 is 5.97 Å². The zero-order chi connectivity index (χ0) is 13.7. The molecule has 2 N–H and O–H groups in total. The number of furan rings is 2. The molecule has 2 unspecified atom stereocenters. The van der Waals surface area contributed by atoms with Gasteiger partial charge in [-0.05, 0) is 24.6 Å². The summed E-state index contributed by atoms with van der Waals surface area (Å²) in [4.78, 5) is 11.1. The molecule has 0 saturated carbocycles. The van der Waals surface area contributed by atoms with Crippen molar-refractivity contribution in [2.24, 2.45) is 5.92 Å². The predicted octanol–water partition coefficient (Wildman–Crippen LogP) is 2.91. The molecule has 5 nitrogen and oxygen atoms in total. The molecule has 1 aromatic carbocycles. The third-order valence-corrected chi connectivity index (χ3v) is 4.04. The predicted molar refractivity (Wildman–Crippen MR) is 72.5 cm³/mol. The number of aliphatic carboxylic acids is 1. The van der Waals surface area contributed by atoms with E-state index in [1.54, 1.807) is 12.5 Å². The summed E-state index contributed by atoms with van der Waals surface area (Å²) >= 11 is 0. The summed E-state index contributed by atoms with van der Waals surface area (Å²) in [5.41, 5.74) is 2.61. The molecule has 2 aromatic heterocycles. The third kappa shape index (κ3) is 1.56. The van der Waals surface area contributed by atoms with Crippen LogP contribution in [0.15, 0.2) is 39.6 Å². The fraction of sp³-hybridized carbons (Fsp3) is 0.267. The molecule has 0 bridgehead atoms. The highest BCUT2D eigenvalue weighted by Crippen LogP contribution is 2.38. The number of fused-ring (bicyclic) bond motifs is 2. The molecule has 20 heavy (non-hydrogen) atoms. The number of carbonyl (C=O) groups is 1. The zero-order valence-electron chi connectivity index (χ0n) is 10.6. The Morgan fingerprint density at radius 2 is 2.15 bits per heavy atom. The first-order chi connectivity index (χ1) is 9.74. The molecule has 3 heterocycles. The normalized spacial score (nSPS) is 22.8. The molecule has 102 valence electrons. The third-order valence-electron chi connectivity index (χ3n) is 4.04. The van der Waals surface area contributed by atoms with Crippen LogP contribution in [0.5, 0.6) is 0 Å². The van der Waals surface area contributed by atoms with Crippen molar-refractivity contribution in [3.63, 3.8) is 0 Å². The molecule has 0 radical (unpaired) electrons. The first kappa shape index (κ1) is 11.5. The van der Waals surface area contributed by atoms with Gasteiger partial charge in [-0.1, -0.05) is 0 Å². The van der Waals surface area contributed by atoms with Crippen LogP contribution in [0, 0.1) is 5.92 Å². The number of hydrogen-bond acceptors (Lipinski definition) is 4. The molecule has 1 aliphatic heterocycles. The van der Waals surface area contributed by atoms with E-state index in [4.69, 9.17) is 13.9 Å². The van der Waals surface area contributed by atoms with Gasteiger partial charge in [-0.15, -0.1) is 0 Å². The average molecular weight is 271 g/mol. The number of carboxylic acid groups (broad SMARTS) is 1. The maximum atomic E-state index is 11.1. The van der Waals surface area contributed by atoms with Crippen molar-refractivity contribution in [3.8, 4) is 0 Å². The van der Waals surface area contributed by atoms with Gasteiger partial charge in [-0.2, -0.15) is 0 Å². The molecule has 4 rings (SSSR count). The van der Waals surface area contributed by atoms with E-state index < -0.39 is 5.97 Å². The molecule has 1 aliphatic rings. The second-order valence-electron chi connectivity index (χ2n) is 5.19. The molecular formula is C15H13NO4. The molecule has 0 spiro atoms. The van der Waals surface area contributed by atoms with Crippen molar-refractivity contribution in [2.75, 3.05) is 6.54 Å². The van der Waals surface area contributed by atoms with E-state index in [-0.39, 0.29) is 12.0 Å². The van der Waals surface area contributed by atoms with Gasteiger partial charge in [0.2, 0.25) is 0 Å². The fourth-order valence-electron chi connectivity index (χ4n) is 3.06. The van der Waals surface area contributed by atoms with Crippen molar-refractivity contribution in [3.05, 3.63) is 36.3 Å². The van der Waals surface area contributed by atoms with E-state index in [0.717, 1.165) is 27.5 Å². The van der Waals surface area contributed by atoms with Crippen molar-refractivity contribution in [1.82, 2.24) is 5.32 Å². The summed E-state index contributed by atoms with van der Waals surface area (Å²) in [5.74, 6) is -1.11. The number of carboxylic acids is 1. The Kier molecular flexibility index (Phi) is 2.37. The van der Waals surface area contributed by atoms with E-state index in [0.29, 0.717) is 13.0 Å². The lowest BCUT2D eigenvalue weighted by molar-refractivity contribution is -0.141. The SMILES string of the molecule is O=C(O)C1CNC(c2c3ccoc3cc3ccoc23)C1. The first-order valence-electron chi connectivity index (χ1n) is 6.57. The van der Waals surface area contributed by atoms with Gasteiger partial charge < -0.3 is 19.3 Å². The van der Waals surface area contributed by atoms with Gasteiger partial charge in [-0.3, -0.25) is 4.79 Å².